The molecule has 0 aromatic carbocycles. The summed E-state index contributed by atoms with van der Waals surface area (Å²) in [6.45, 7) is 4.06. The fourth-order valence-corrected chi connectivity index (χ4v) is 7.19. The molecule has 4 unspecified atom stereocenters. The van der Waals surface area contributed by atoms with Gasteiger partial charge >= 0.3 is 0 Å². The van der Waals surface area contributed by atoms with E-state index in [2.05, 4.69) is 27.6 Å². The molecule has 2 bridgehead atoms. The number of fused-ring (bicyclic) bond motifs is 1. The summed E-state index contributed by atoms with van der Waals surface area (Å²) in [7, 11) is 3.86. The van der Waals surface area contributed by atoms with E-state index in [1.807, 2.05) is 14.1 Å². The number of aliphatic hydroxyl groups is 1. The maximum atomic E-state index is 13.2. The number of likely N-dealkylation sites (N-methyl/N-ethyl adjacent to an activating group) is 1. The Hall–Kier alpha value is -1.31. The Morgan fingerprint density at radius 1 is 1.38 bits per heavy atom. The first kappa shape index (κ1) is 19.6. The van der Waals surface area contributed by atoms with Gasteiger partial charge in [0.25, 0.3) is 5.91 Å². The van der Waals surface area contributed by atoms with Crippen LogP contribution in [0, 0.1) is 23.7 Å². The number of aromatic nitrogens is 2. The number of amides is 1. The Balaban J connectivity index is 1.35. The van der Waals surface area contributed by atoms with Crippen LogP contribution >= 0.6 is 11.6 Å². The van der Waals surface area contributed by atoms with Crippen molar-refractivity contribution in [3.8, 4) is 0 Å². The van der Waals surface area contributed by atoms with Crippen molar-refractivity contribution < 1.29 is 9.90 Å². The Morgan fingerprint density at radius 2 is 2.17 bits per heavy atom. The number of hydrogen-bond acceptors (Lipinski definition) is 5. The van der Waals surface area contributed by atoms with Crippen LogP contribution < -0.4 is 15.5 Å². The molecule has 1 aliphatic heterocycles. The summed E-state index contributed by atoms with van der Waals surface area (Å²) in [4.78, 5) is 15.3. The highest BCUT2D eigenvalue weighted by Gasteiger charge is 2.61. The van der Waals surface area contributed by atoms with Gasteiger partial charge in [-0.15, -0.1) is 0 Å². The molecule has 5 rings (SSSR count). The summed E-state index contributed by atoms with van der Waals surface area (Å²) in [6.07, 6.45) is 4.90. The number of nitrogens with one attached hydrogen (secondary N) is 2. The van der Waals surface area contributed by atoms with Crippen LogP contribution in [0.2, 0.25) is 5.02 Å². The predicted molar refractivity (Wildman–Crippen MR) is 112 cm³/mol. The van der Waals surface area contributed by atoms with Gasteiger partial charge in [-0.25, -0.2) is 0 Å². The van der Waals surface area contributed by atoms with E-state index in [1.165, 1.54) is 0 Å². The first-order valence-electron chi connectivity index (χ1n) is 11.0. The highest BCUT2D eigenvalue weighted by atomic mass is 35.5. The molecule has 4 aliphatic rings. The minimum Gasteiger partial charge on any atom is -0.390 e. The highest BCUT2D eigenvalue weighted by Crippen LogP contribution is 2.61. The SMILES string of the molecule is CC1C[C@]2(O)CC3CC(CC32)[C@@H]1NC(=O)c1nn(C)c(N(C)[C@H]2CCNC2)c1Cl. The summed E-state index contributed by atoms with van der Waals surface area (Å²) in [5.41, 5.74) is -0.205. The zero-order valence-electron chi connectivity index (χ0n) is 17.5. The summed E-state index contributed by atoms with van der Waals surface area (Å²) < 4.78 is 1.72. The van der Waals surface area contributed by atoms with Crippen LogP contribution in [0.5, 0.6) is 0 Å². The number of carbonyl (C=O) groups is 1. The second-order valence-corrected chi connectivity index (χ2v) is 10.3. The molecule has 1 aromatic rings. The fraction of sp³-hybridized carbons (Fsp3) is 0.810. The number of anilines is 1. The van der Waals surface area contributed by atoms with Crippen molar-refractivity contribution in [2.24, 2.45) is 30.7 Å². The standard InChI is InChI=1S/C21H32ClN5O2/c1-11-8-21(29)9-13-6-12(7-15(13)21)17(11)24-19(28)18-16(22)20(27(3)25-18)26(2)14-4-5-23-10-14/h11-15,17,23,29H,4-10H2,1-3H3,(H,24,28)/t11?,12?,13?,14-,15?,17+,21-/m0/s1. The van der Waals surface area contributed by atoms with Crippen molar-refractivity contribution in [2.75, 3.05) is 25.0 Å². The van der Waals surface area contributed by atoms with Crippen molar-refractivity contribution in [3.63, 3.8) is 0 Å². The summed E-state index contributed by atoms with van der Waals surface area (Å²) in [5.74, 6) is 2.34. The molecule has 29 heavy (non-hydrogen) atoms. The molecular formula is C21H32ClN5O2. The number of nitrogens with zero attached hydrogens (tertiary/aromatic N) is 3. The lowest BCUT2D eigenvalue weighted by Crippen LogP contribution is -2.54. The minimum absolute atomic E-state index is 0.0719. The van der Waals surface area contributed by atoms with Gasteiger partial charge in [0.2, 0.25) is 0 Å². The fourth-order valence-electron chi connectivity index (χ4n) is 6.81. The Morgan fingerprint density at radius 3 is 2.90 bits per heavy atom. The lowest BCUT2D eigenvalue weighted by molar-refractivity contribution is -0.138. The molecule has 1 amide bonds. The maximum absolute atomic E-state index is 13.2. The van der Waals surface area contributed by atoms with Gasteiger partial charge in [-0.05, 0) is 62.3 Å². The molecule has 4 fully saturated rings. The molecule has 3 N–H and O–H groups in total. The molecular weight excluding hydrogens is 390 g/mol. The highest BCUT2D eigenvalue weighted by molar-refractivity contribution is 6.36. The van der Waals surface area contributed by atoms with E-state index >= 15 is 0 Å². The molecule has 3 aliphatic carbocycles. The van der Waals surface area contributed by atoms with E-state index in [-0.39, 0.29) is 17.9 Å². The molecule has 8 heteroatoms. The zero-order chi connectivity index (χ0) is 20.5. The lowest BCUT2D eigenvalue weighted by Gasteiger charge is -2.50. The quantitative estimate of drug-likeness (QED) is 0.690. The molecule has 1 aromatic heterocycles. The van der Waals surface area contributed by atoms with Crippen LogP contribution in [0.4, 0.5) is 5.82 Å². The van der Waals surface area contributed by atoms with E-state index in [0.29, 0.717) is 34.5 Å². The second-order valence-electron chi connectivity index (χ2n) is 9.95. The van der Waals surface area contributed by atoms with E-state index in [9.17, 15) is 9.90 Å². The molecule has 0 spiro atoms. The normalized spacial score (nSPS) is 40.4. The lowest BCUT2D eigenvalue weighted by atomic mass is 9.59. The third-order valence-electron chi connectivity index (χ3n) is 8.22. The van der Waals surface area contributed by atoms with E-state index in [0.717, 1.165) is 51.0 Å². The van der Waals surface area contributed by atoms with Gasteiger partial charge in [-0.2, -0.15) is 5.10 Å². The van der Waals surface area contributed by atoms with Gasteiger partial charge < -0.3 is 20.6 Å². The molecule has 7 nitrogen and oxygen atoms in total. The summed E-state index contributed by atoms with van der Waals surface area (Å²) in [5, 5.41) is 22.5. The van der Waals surface area contributed by atoms with Crippen LogP contribution in [0.1, 0.15) is 49.5 Å². The number of aryl methyl sites for hydroxylation is 1. The van der Waals surface area contributed by atoms with Gasteiger partial charge in [0.05, 0.1) is 5.60 Å². The Bertz CT molecular complexity index is 822. The van der Waals surface area contributed by atoms with Gasteiger partial charge in [0.1, 0.15) is 10.8 Å². The minimum atomic E-state index is -0.508. The van der Waals surface area contributed by atoms with E-state index in [1.54, 1.807) is 4.68 Å². The predicted octanol–water partition coefficient (Wildman–Crippen LogP) is 1.79. The molecule has 3 saturated carbocycles. The summed E-state index contributed by atoms with van der Waals surface area (Å²) in [6, 6.07) is 0.422. The number of carbonyl (C=O) groups excluding carboxylic acids is 1. The Kier molecular flexibility index (Phi) is 4.64. The van der Waals surface area contributed by atoms with Crippen LogP contribution in [0.15, 0.2) is 0 Å². The monoisotopic (exact) mass is 421 g/mol. The largest absolute Gasteiger partial charge is 0.390 e. The first-order valence-corrected chi connectivity index (χ1v) is 11.4. The van der Waals surface area contributed by atoms with Crippen LogP contribution in [0.3, 0.4) is 0 Å². The van der Waals surface area contributed by atoms with Gasteiger partial charge in [0, 0.05) is 32.7 Å². The van der Waals surface area contributed by atoms with Crippen molar-refractivity contribution in [1.29, 1.82) is 0 Å². The van der Waals surface area contributed by atoms with Crippen LogP contribution in [-0.4, -0.2) is 58.6 Å². The van der Waals surface area contributed by atoms with Crippen molar-refractivity contribution in [1.82, 2.24) is 20.4 Å². The smallest absolute Gasteiger partial charge is 0.273 e. The number of hydrogen-bond donors (Lipinski definition) is 3. The topological polar surface area (TPSA) is 82.4 Å². The number of rotatable bonds is 4. The van der Waals surface area contributed by atoms with Gasteiger partial charge in [-0.1, -0.05) is 18.5 Å². The Labute approximate surface area is 177 Å². The average molecular weight is 422 g/mol. The van der Waals surface area contributed by atoms with E-state index < -0.39 is 5.60 Å². The van der Waals surface area contributed by atoms with Crippen molar-refractivity contribution in [3.05, 3.63) is 10.7 Å². The van der Waals surface area contributed by atoms with E-state index in [4.69, 9.17) is 11.6 Å². The number of halogens is 1. The van der Waals surface area contributed by atoms with Crippen LogP contribution in [-0.2, 0) is 7.05 Å². The first-order chi connectivity index (χ1) is 13.8. The molecule has 1 saturated heterocycles. The second kappa shape index (κ2) is 6.86. The van der Waals surface area contributed by atoms with Gasteiger partial charge in [-0.3, -0.25) is 9.48 Å². The maximum Gasteiger partial charge on any atom is 0.273 e. The van der Waals surface area contributed by atoms with Crippen molar-refractivity contribution >= 4 is 23.3 Å². The third kappa shape index (κ3) is 3.00. The molecule has 7 atom stereocenters. The molecule has 0 radical (unpaired) electrons. The average Bonchev–Trinajstić information content (AvgIpc) is 3.36. The zero-order valence-corrected chi connectivity index (χ0v) is 18.2. The van der Waals surface area contributed by atoms with Gasteiger partial charge in [0.15, 0.2) is 5.69 Å². The summed E-state index contributed by atoms with van der Waals surface area (Å²) >= 11 is 6.67. The molecule has 2 heterocycles. The molecule has 160 valence electrons. The van der Waals surface area contributed by atoms with Crippen LogP contribution in [0.25, 0.3) is 0 Å². The van der Waals surface area contributed by atoms with Crippen molar-refractivity contribution in [2.45, 2.75) is 56.7 Å². The third-order valence-corrected chi connectivity index (χ3v) is 8.57.